The van der Waals surface area contributed by atoms with Crippen molar-refractivity contribution in [3.8, 4) is 0 Å². The van der Waals surface area contributed by atoms with E-state index in [4.69, 9.17) is 18.9 Å². The first-order valence-corrected chi connectivity index (χ1v) is 26.2. The van der Waals surface area contributed by atoms with Crippen LogP contribution in [0.5, 0.6) is 0 Å². The predicted molar refractivity (Wildman–Crippen MR) is 283 cm³/mol. The number of halogens is 2. The van der Waals surface area contributed by atoms with E-state index in [1.807, 2.05) is 70.5 Å². The van der Waals surface area contributed by atoms with Gasteiger partial charge in [0, 0.05) is 112 Å². The van der Waals surface area contributed by atoms with Gasteiger partial charge in [0.05, 0.1) is 63.6 Å². The van der Waals surface area contributed by atoms with E-state index in [9.17, 15) is 32.8 Å². The summed E-state index contributed by atoms with van der Waals surface area (Å²) in [7, 11) is 0. The smallest absolute Gasteiger partial charge is 0.258 e. The van der Waals surface area contributed by atoms with Crippen LogP contribution in [0.1, 0.15) is 60.0 Å². The molecule has 4 aliphatic rings. The molecule has 9 rings (SSSR count). The molecule has 0 spiro atoms. The number of aromatic amines is 1. The lowest BCUT2D eigenvalue weighted by molar-refractivity contribution is -0.134. The number of piperazine rings is 2. The van der Waals surface area contributed by atoms with Gasteiger partial charge in [-0.3, -0.25) is 34.4 Å². The largest absolute Gasteiger partial charge is 0.381 e. The Balaban J connectivity index is 0.641. The molecule has 0 bridgehead atoms. The van der Waals surface area contributed by atoms with E-state index < -0.39 is 17.7 Å². The second-order valence-corrected chi connectivity index (χ2v) is 19.4. The van der Waals surface area contributed by atoms with Crippen LogP contribution in [-0.4, -0.2) is 167 Å². The number of fused-ring (bicyclic) bond motifs is 1. The van der Waals surface area contributed by atoms with Crippen LogP contribution >= 0.6 is 0 Å². The molecule has 4 fully saturated rings. The number of benzene rings is 4. The maximum Gasteiger partial charge on any atom is 0.258 e. The minimum Gasteiger partial charge on any atom is -0.381 e. The monoisotopic (exact) mass is 1050 g/mol. The van der Waals surface area contributed by atoms with Gasteiger partial charge in [-0.1, -0.05) is 6.07 Å². The quantitative estimate of drug-likeness (QED) is 0.0439. The van der Waals surface area contributed by atoms with E-state index in [-0.39, 0.29) is 48.6 Å². The molecule has 0 radical (unpaired) electrons. The number of ether oxygens (including phenoxy) is 4. The number of nitrogens with one attached hydrogen (secondary N) is 5. The first-order valence-electron chi connectivity index (χ1n) is 26.2. The first-order chi connectivity index (χ1) is 37.0. The van der Waals surface area contributed by atoms with Gasteiger partial charge in [0.1, 0.15) is 17.7 Å². The number of carbonyl (C=O) groups is 5. The number of amides is 5. The highest BCUT2D eigenvalue weighted by atomic mass is 19.1. The summed E-state index contributed by atoms with van der Waals surface area (Å²) in [6, 6.07) is 22.2. The van der Waals surface area contributed by atoms with Gasteiger partial charge in [-0.05, 0) is 104 Å². The molecule has 1 unspecified atom stereocenters. The SMILES string of the molecule is O=C1CCC(Nc2ccc(N3CCN(C(=O)CCOCCOCCOCCC(=O)N4CCN(c5ccc(C(=O)Nc6n[nH]c7ccc(Cc8cc(F)cc(F)c8)cc67)c(NC6CCOCC6)c5)CC4)CC3)cc2)C(=O)N1. The third kappa shape index (κ3) is 14.6. The topological polar surface area (TPSA) is 212 Å². The number of hydrogen-bond donors (Lipinski definition) is 5. The Labute approximate surface area is 439 Å². The standard InChI is InChI=1S/C55H66F2N10O9/c56-39-32-38(33-40(57)35-39)31-37-1-8-47-46(34-37)53(63-62-47)61-54(71)45-7-6-44(36-49(45)59-42-11-23-73-24-12-42)65-17-21-67(22-18-65)52(70)14-26-75-28-30-76-29-27-74-25-13-51(69)66-19-15-64(16-20-66)43-4-2-41(3-5-43)58-48-9-10-50(68)60-55(48)72/h1-8,32-36,42,48,58-59H,9-31H2,(H,60,68,72)(H2,61,62,63,71). The first kappa shape index (κ1) is 53.6. The van der Waals surface area contributed by atoms with E-state index in [2.05, 4.69) is 41.3 Å². The molecule has 4 saturated heterocycles. The molecule has 5 amide bonds. The van der Waals surface area contributed by atoms with Crippen LogP contribution in [0.15, 0.2) is 78.9 Å². The Morgan fingerprint density at radius 3 is 1.89 bits per heavy atom. The normalized spacial score (nSPS) is 17.5. The van der Waals surface area contributed by atoms with Crippen LogP contribution < -0.4 is 31.1 Å². The lowest BCUT2D eigenvalue weighted by Crippen LogP contribution is -2.49. The van der Waals surface area contributed by atoms with Crippen LogP contribution in [-0.2, 0) is 44.5 Å². The van der Waals surface area contributed by atoms with Crippen molar-refractivity contribution in [2.24, 2.45) is 0 Å². The lowest BCUT2D eigenvalue weighted by Gasteiger charge is -2.36. The molecular formula is C55H66F2N10O9. The van der Waals surface area contributed by atoms with Crippen molar-refractivity contribution >= 4 is 69.0 Å². The summed E-state index contributed by atoms with van der Waals surface area (Å²) < 4.78 is 50.4. The second kappa shape index (κ2) is 26.0. The number of hydrogen-bond acceptors (Lipinski definition) is 14. The minimum atomic E-state index is -0.642. The molecule has 0 saturated carbocycles. The molecule has 76 heavy (non-hydrogen) atoms. The highest BCUT2D eigenvalue weighted by molar-refractivity contribution is 6.11. The van der Waals surface area contributed by atoms with Crippen molar-refractivity contribution in [1.82, 2.24) is 25.3 Å². The fourth-order valence-corrected chi connectivity index (χ4v) is 9.90. The highest BCUT2D eigenvalue weighted by Gasteiger charge is 2.28. The summed E-state index contributed by atoms with van der Waals surface area (Å²) in [5.74, 6) is -1.76. The number of nitrogens with zero attached hydrogens (tertiary/aromatic N) is 5. The Morgan fingerprint density at radius 1 is 0.658 bits per heavy atom. The van der Waals surface area contributed by atoms with Crippen molar-refractivity contribution < 1.29 is 51.7 Å². The number of piperidine rings is 1. The molecule has 21 heteroatoms. The third-order valence-electron chi connectivity index (χ3n) is 14.1. The van der Waals surface area contributed by atoms with E-state index in [0.29, 0.717) is 158 Å². The zero-order chi connectivity index (χ0) is 52.8. The van der Waals surface area contributed by atoms with Crippen LogP contribution in [0.25, 0.3) is 10.9 Å². The van der Waals surface area contributed by atoms with Crippen molar-refractivity contribution in [3.05, 3.63) is 107 Å². The molecule has 0 aliphatic carbocycles. The summed E-state index contributed by atoms with van der Waals surface area (Å²) in [6.45, 7) is 8.21. The minimum absolute atomic E-state index is 0.0213. The van der Waals surface area contributed by atoms with Gasteiger partial charge in [-0.25, -0.2) is 8.78 Å². The van der Waals surface area contributed by atoms with Gasteiger partial charge in [0.2, 0.25) is 23.6 Å². The van der Waals surface area contributed by atoms with E-state index in [1.165, 1.54) is 12.1 Å². The summed E-state index contributed by atoms with van der Waals surface area (Å²) >= 11 is 0. The van der Waals surface area contributed by atoms with Crippen LogP contribution in [0.2, 0.25) is 0 Å². The van der Waals surface area contributed by atoms with Gasteiger partial charge in [0.25, 0.3) is 5.91 Å². The summed E-state index contributed by atoms with van der Waals surface area (Å²) in [6.07, 6.45) is 3.22. The highest BCUT2D eigenvalue weighted by Crippen LogP contribution is 2.30. The Hall–Kier alpha value is -7.20. The third-order valence-corrected chi connectivity index (χ3v) is 14.1. The second-order valence-electron chi connectivity index (χ2n) is 19.4. The van der Waals surface area contributed by atoms with Crippen LogP contribution in [0.4, 0.5) is 37.3 Å². The van der Waals surface area contributed by atoms with Crippen molar-refractivity contribution in [3.63, 3.8) is 0 Å². The molecule has 1 atom stereocenters. The number of rotatable bonds is 22. The van der Waals surface area contributed by atoms with Gasteiger partial charge >= 0.3 is 0 Å². The maximum atomic E-state index is 14.0. The Morgan fingerprint density at radius 2 is 1.26 bits per heavy atom. The number of imide groups is 1. The van der Waals surface area contributed by atoms with Crippen LogP contribution in [0, 0.1) is 11.6 Å². The fraction of sp³-hybridized carbons (Fsp3) is 0.455. The van der Waals surface area contributed by atoms with Gasteiger partial charge in [-0.2, -0.15) is 5.10 Å². The molecule has 5 N–H and O–H groups in total. The Bertz CT molecular complexity index is 2790. The molecule has 4 aliphatic heterocycles. The Kier molecular flexibility index (Phi) is 18.4. The zero-order valence-corrected chi connectivity index (χ0v) is 42.6. The van der Waals surface area contributed by atoms with Gasteiger partial charge in [0.15, 0.2) is 5.82 Å². The van der Waals surface area contributed by atoms with E-state index in [1.54, 1.807) is 0 Å². The lowest BCUT2D eigenvalue weighted by atomic mass is 10.0. The van der Waals surface area contributed by atoms with Crippen LogP contribution in [0.3, 0.4) is 0 Å². The summed E-state index contributed by atoms with van der Waals surface area (Å²) in [5.41, 5.74) is 5.90. The molecule has 4 aromatic carbocycles. The van der Waals surface area contributed by atoms with E-state index in [0.717, 1.165) is 41.5 Å². The average Bonchev–Trinajstić information content (AvgIpc) is 3.82. The van der Waals surface area contributed by atoms with Gasteiger partial charge in [-0.15, -0.1) is 0 Å². The number of aromatic nitrogens is 2. The fourth-order valence-electron chi connectivity index (χ4n) is 9.90. The molecule has 19 nitrogen and oxygen atoms in total. The number of anilines is 5. The molecule has 5 heterocycles. The molecule has 5 aromatic rings. The van der Waals surface area contributed by atoms with Gasteiger partial charge < -0.3 is 54.5 Å². The van der Waals surface area contributed by atoms with E-state index >= 15 is 0 Å². The predicted octanol–water partition coefficient (Wildman–Crippen LogP) is 5.32. The number of H-pyrrole nitrogens is 1. The summed E-state index contributed by atoms with van der Waals surface area (Å²) in [4.78, 5) is 71.7. The van der Waals surface area contributed by atoms with Crippen molar-refractivity contribution in [1.29, 1.82) is 0 Å². The number of carbonyl (C=O) groups excluding carboxylic acids is 5. The summed E-state index contributed by atoms with van der Waals surface area (Å²) in [5, 5.41) is 20.2. The molecular weight excluding hydrogens is 983 g/mol. The molecule has 1 aromatic heterocycles. The zero-order valence-electron chi connectivity index (χ0n) is 42.6. The van der Waals surface area contributed by atoms with Crippen molar-refractivity contribution in [2.75, 3.05) is 131 Å². The molecule has 404 valence electrons. The van der Waals surface area contributed by atoms with Crippen molar-refractivity contribution in [2.45, 2.75) is 57.0 Å². The maximum absolute atomic E-state index is 14.0. The average molecular weight is 1050 g/mol.